The molecule has 3 N–H and O–H groups in total. The third-order valence-electron chi connectivity index (χ3n) is 4.04. The molecule has 1 aliphatic heterocycles. The van der Waals surface area contributed by atoms with E-state index in [-0.39, 0.29) is 6.04 Å². The molecule has 0 saturated heterocycles. The Bertz CT molecular complexity index is 837. The zero-order chi connectivity index (χ0) is 15.1. The normalized spacial score (nSPS) is 17.4. The van der Waals surface area contributed by atoms with Crippen molar-refractivity contribution in [3.63, 3.8) is 0 Å². The number of nitrogens with one attached hydrogen (secondary N) is 1. The van der Waals surface area contributed by atoms with E-state index < -0.39 is 5.91 Å². The lowest BCUT2D eigenvalue weighted by molar-refractivity contribution is 0.0998. The SMILES string of the molecule is NC(=O)c1cccc2c1C(c1cn3ncccc3n1)NCC2. The first kappa shape index (κ1) is 13.0. The standard InChI is InChI=1S/C16H15N5O/c17-16(22)11-4-1-3-10-6-8-18-15(14(10)11)12-9-21-13(20-12)5-2-7-19-21/h1-5,7,9,15,18H,6,8H2,(H2,17,22). The molecular formula is C16H15N5O. The Morgan fingerprint density at radius 3 is 3.05 bits per heavy atom. The molecule has 0 saturated carbocycles. The number of rotatable bonds is 2. The van der Waals surface area contributed by atoms with Gasteiger partial charge in [0.05, 0.1) is 17.9 Å². The molecule has 1 atom stereocenters. The smallest absolute Gasteiger partial charge is 0.249 e. The maximum Gasteiger partial charge on any atom is 0.249 e. The molecule has 3 aromatic rings. The summed E-state index contributed by atoms with van der Waals surface area (Å²) in [6.45, 7) is 0.835. The van der Waals surface area contributed by atoms with E-state index in [1.165, 1.54) is 0 Å². The predicted octanol–water partition coefficient (Wildman–Crippen LogP) is 1.06. The van der Waals surface area contributed by atoms with Gasteiger partial charge in [0, 0.05) is 18.3 Å². The molecule has 4 rings (SSSR count). The minimum Gasteiger partial charge on any atom is -0.366 e. The number of carbonyl (C=O) groups excluding carboxylic acids is 1. The topological polar surface area (TPSA) is 85.3 Å². The fourth-order valence-electron chi connectivity index (χ4n) is 3.08. The number of aromatic nitrogens is 3. The molecule has 0 radical (unpaired) electrons. The van der Waals surface area contributed by atoms with Crippen LogP contribution in [0.15, 0.2) is 42.7 Å². The van der Waals surface area contributed by atoms with Crippen molar-refractivity contribution in [1.29, 1.82) is 0 Å². The maximum atomic E-state index is 11.8. The van der Waals surface area contributed by atoms with Crippen molar-refractivity contribution in [2.24, 2.45) is 5.73 Å². The summed E-state index contributed by atoms with van der Waals surface area (Å²) in [5, 5.41) is 7.68. The number of amides is 1. The summed E-state index contributed by atoms with van der Waals surface area (Å²) in [6, 6.07) is 9.31. The highest BCUT2D eigenvalue weighted by atomic mass is 16.1. The first-order valence-electron chi connectivity index (χ1n) is 7.19. The van der Waals surface area contributed by atoms with Gasteiger partial charge in [0.2, 0.25) is 5.91 Å². The summed E-state index contributed by atoms with van der Waals surface area (Å²) in [6.07, 6.45) is 4.48. The molecule has 1 aliphatic rings. The molecule has 0 fully saturated rings. The van der Waals surface area contributed by atoms with Gasteiger partial charge in [0.25, 0.3) is 0 Å². The number of hydrogen-bond donors (Lipinski definition) is 2. The van der Waals surface area contributed by atoms with Crippen molar-refractivity contribution < 1.29 is 4.79 Å². The van der Waals surface area contributed by atoms with Crippen molar-refractivity contribution in [2.45, 2.75) is 12.5 Å². The van der Waals surface area contributed by atoms with E-state index in [0.29, 0.717) is 5.56 Å². The molecule has 110 valence electrons. The van der Waals surface area contributed by atoms with Crippen LogP contribution in [0.5, 0.6) is 0 Å². The van der Waals surface area contributed by atoms with E-state index in [2.05, 4.69) is 15.4 Å². The predicted molar refractivity (Wildman–Crippen MR) is 81.5 cm³/mol. The molecule has 0 aliphatic carbocycles. The van der Waals surface area contributed by atoms with Crippen molar-refractivity contribution >= 4 is 11.6 Å². The third kappa shape index (κ3) is 1.96. The van der Waals surface area contributed by atoms with E-state index in [0.717, 1.165) is 35.4 Å². The average Bonchev–Trinajstić information content (AvgIpc) is 2.97. The quantitative estimate of drug-likeness (QED) is 0.740. The van der Waals surface area contributed by atoms with Crippen LogP contribution in [0.25, 0.3) is 5.65 Å². The van der Waals surface area contributed by atoms with Crippen LogP contribution in [-0.2, 0) is 6.42 Å². The monoisotopic (exact) mass is 293 g/mol. The number of fused-ring (bicyclic) bond motifs is 2. The minimum absolute atomic E-state index is 0.144. The van der Waals surface area contributed by atoms with Crippen LogP contribution < -0.4 is 11.1 Å². The number of primary amides is 1. The van der Waals surface area contributed by atoms with Crippen LogP contribution in [0.2, 0.25) is 0 Å². The van der Waals surface area contributed by atoms with Crippen molar-refractivity contribution in [3.05, 3.63) is 65.1 Å². The van der Waals surface area contributed by atoms with Gasteiger partial charge < -0.3 is 11.1 Å². The molecule has 1 unspecified atom stereocenters. The van der Waals surface area contributed by atoms with Crippen LogP contribution in [0.1, 0.15) is 33.2 Å². The number of nitrogens with two attached hydrogens (primary N) is 1. The van der Waals surface area contributed by atoms with Gasteiger partial charge in [-0.05, 0) is 35.7 Å². The second-order valence-corrected chi connectivity index (χ2v) is 5.37. The molecule has 1 aromatic carbocycles. The van der Waals surface area contributed by atoms with Crippen LogP contribution in [0, 0.1) is 0 Å². The minimum atomic E-state index is -0.410. The van der Waals surface area contributed by atoms with E-state index in [1.807, 2.05) is 30.5 Å². The Hall–Kier alpha value is -2.73. The number of imidazole rings is 1. The van der Waals surface area contributed by atoms with Gasteiger partial charge in [-0.25, -0.2) is 9.50 Å². The third-order valence-corrected chi connectivity index (χ3v) is 4.04. The van der Waals surface area contributed by atoms with Gasteiger partial charge in [-0.1, -0.05) is 12.1 Å². The van der Waals surface area contributed by atoms with Crippen LogP contribution in [0.3, 0.4) is 0 Å². The highest BCUT2D eigenvalue weighted by Gasteiger charge is 2.27. The number of benzene rings is 1. The Morgan fingerprint density at radius 2 is 2.23 bits per heavy atom. The summed E-state index contributed by atoms with van der Waals surface area (Å²) >= 11 is 0. The zero-order valence-electron chi connectivity index (χ0n) is 11.9. The van der Waals surface area contributed by atoms with E-state index >= 15 is 0 Å². The second-order valence-electron chi connectivity index (χ2n) is 5.37. The molecule has 0 spiro atoms. The molecule has 0 bridgehead atoms. The first-order valence-corrected chi connectivity index (χ1v) is 7.19. The summed E-state index contributed by atoms with van der Waals surface area (Å²) < 4.78 is 1.73. The molecular weight excluding hydrogens is 278 g/mol. The van der Waals surface area contributed by atoms with Crippen molar-refractivity contribution in [2.75, 3.05) is 6.54 Å². The average molecular weight is 293 g/mol. The Morgan fingerprint density at radius 1 is 1.32 bits per heavy atom. The lowest BCUT2D eigenvalue weighted by Crippen LogP contribution is -2.33. The molecule has 6 nitrogen and oxygen atoms in total. The van der Waals surface area contributed by atoms with Gasteiger partial charge >= 0.3 is 0 Å². The van der Waals surface area contributed by atoms with Gasteiger partial charge in [-0.2, -0.15) is 5.10 Å². The molecule has 3 heterocycles. The molecule has 22 heavy (non-hydrogen) atoms. The Labute approximate surface area is 127 Å². The zero-order valence-corrected chi connectivity index (χ0v) is 11.9. The Balaban J connectivity index is 1.90. The number of carbonyl (C=O) groups is 1. The van der Waals surface area contributed by atoms with Crippen LogP contribution >= 0.6 is 0 Å². The number of nitrogens with zero attached hydrogens (tertiary/aromatic N) is 3. The van der Waals surface area contributed by atoms with Crippen molar-refractivity contribution in [1.82, 2.24) is 19.9 Å². The summed E-state index contributed by atoms with van der Waals surface area (Å²) in [5.74, 6) is -0.410. The lowest BCUT2D eigenvalue weighted by Gasteiger charge is -2.27. The largest absolute Gasteiger partial charge is 0.366 e. The second kappa shape index (κ2) is 4.92. The maximum absolute atomic E-state index is 11.8. The van der Waals surface area contributed by atoms with Gasteiger partial charge in [-0.3, -0.25) is 4.79 Å². The number of hydrogen-bond acceptors (Lipinski definition) is 4. The van der Waals surface area contributed by atoms with E-state index in [9.17, 15) is 4.79 Å². The highest BCUT2D eigenvalue weighted by molar-refractivity contribution is 5.95. The van der Waals surface area contributed by atoms with Gasteiger partial charge in [0.15, 0.2) is 5.65 Å². The Kier molecular flexibility index (Phi) is 2.90. The van der Waals surface area contributed by atoms with E-state index in [1.54, 1.807) is 16.8 Å². The lowest BCUT2D eigenvalue weighted by atomic mass is 9.88. The summed E-state index contributed by atoms with van der Waals surface area (Å²) in [4.78, 5) is 16.4. The van der Waals surface area contributed by atoms with Gasteiger partial charge in [-0.15, -0.1) is 0 Å². The van der Waals surface area contributed by atoms with Gasteiger partial charge in [0.1, 0.15) is 0 Å². The molecule has 1 amide bonds. The molecule has 6 heteroatoms. The van der Waals surface area contributed by atoms with E-state index in [4.69, 9.17) is 5.73 Å². The fraction of sp³-hybridized carbons (Fsp3) is 0.188. The summed E-state index contributed by atoms with van der Waals surface area (Å²) in [7, 11) is 0. The van der Waals surface area contributed by atoms with Crippen LogP contribution in [-0.4, -0.2) is 27.0 Å². The molecule has 2 aromatic heterocycles. The highest BCUT2D eigenvalue weighted by Crippen LogP contribution is 2.31. The van der Waals surface area contributed by atoms with Crippen molar-refractivity contribution in [3.8, 4) is 0 Å². The first-order chi connectivity index (χ1) is 10.7. The summed E-state index contributed by atoms with van der Waals surface area (Å²) in [5.41, 5.74) is 9.80. The van der Waals surface area contributed by atoms with Crippen LogP contribution in [0.4, 0.5) is 0 Å². The fourth-order valence-corrected chi connectivity index (χ4v) is 3.08.